The molecule has 1 aromatic carbocycles. The van der Waals surface area contributed by atoms with Gasteiger partial charge in [-0.1, -0.05) is 64.4 Å². The Bertz CT molecular complexity index is 362. The molecule has 1 nitrogen and oxygen atoms in total. The van der Waals surface area contributed by atoms with E-state index in [2.05, 4.69) is 71.1 Å². The molecule has 2 atom stereocenters. The molecule has 2 unspecified atom stereocenters. The van der Waals surface area contributed by atoms with E-state index in [1.807, 2.05) is 0 Å². The maximum atomic E-state index is 3.63. The highest BCUT2D eigenvalue weighted by Crippen LogP contribution is 2.33. The Morgan fingerprint density at radius 2 is 1.89 bits per heavy atom. The Morgan fingerprint density at radius 1 is 1.22 bits per heavy atom. The topological polar surface area (TPSA) is 12.0 Å². The predicted molar refractivity (Wildman–Crippen MR) is 80.8 cm³/mol. The molecule has 0 heterocycles. The zero-order chi connectivity index (χ0) is 13.8. The van der Waals surface area contributed by atoms with Crippen LogP contribution in [0.1, 0.15) is 58.2 Å². The molecule has 0 amide bonds. The lowest BCUT2D eigenvalue weighted by atomic mass is 9.77. The first kappa shape index (κ1) is 15.2. The van der Waals surface area contributed by atoms with Gasteiger partial charge in [-0.15, -0.1) is 0 Å². The van der Waals surface area contributed by atoms with Crippen molar-refractivity contribution in [3.63, 3.8) is 0 Å². The van der Waals surface area contributed by atoms with Crippen LogP contribution >= 0.6 is 0 Å². The number of hydrogen-bond acceptors (Lipinski definition) is 1. The van der Waals surface area contributed by atoms with Gasteiger partial charge in [-0.05, 0) is 36.8 Å². The van der Waals surface area contributed by atoms with Crippen LogP contribution in [0.15, 0.2) is 24.3 Å². The van der Waals surface area contributed by atoms with E-state index in [0.717, 1.165) is 6.54 Å². The molecular formula is C17H29N. The molecule has 1 heteroatoms. The molecule has 0 radical (unpaired) electrons. The molecule has 0 saturated carbocycles. The minimum absolute atomic E-state index is 0.373. The highest BCUT2D eigenvalue weighted by Gasteiger charge is 2.24. The lowest BCUT2D eigenvalue weighted by molar-refractivity contribution is 0.224. The van der Waals surface area contributed by atoms with Crippen molar-refractivity contribution in [3.05, 3.63) is 35.4 Å². The van der Waals surface area contributed by atoms with Gasteiger partial charge in [-0.25, -0.2) is 0 Å². The third-order valence-corrected chi connectivity index (χ3v) is 3.96. The summed E-state index contributed by atoms with van der Waals surface area (Å²) in [5.41, 5.74) is 3.14. The van der Waals surface area contributed by atoms with Crippen LogP contribution in [0.2, 0.25) is 0 Å². The molecule has 0 aliphatic heterocycles. The monoisotopic (exact) mass is 247 g/mol. The third-order valence-electron chi connectivity index (χ3n) is 3.96. The molecule has 0 saturated heterocycles. The first-order valence-electron chi connectivity index (χ1n) is 7.14. The molecule has 18 heavy (non-hydrogen) atoms. The van der Waals surface area contributed by atoms with Gasteiger partial charge in [0.1, 0.15) is 0 Å². The molecule has 0 aromatic heterocycles. The lowest BCUT2D eigenvalue weighted by Crippen LogP contribution is -2.27. The molecular weight excluding hydrogens is 218 g/mol. The lowest BCUT2D eigenvalue weighted by Gasteiger charge is -2.31. The Hall–Kier alpha value is -0.820. The summed E-state index contributed by atoms with van der Waals surface area (Å²) in [5, 5.41) is 3.63. The van der Waals surface area contributed by atoms with Crippen LogP contribution in [0, 0.1) is 18.3 Å². The second-order valence-corrected chi connectivity index (χ2v) is 6.53. The second kappa shape index (κ2) is 6.38. The van der Waals surface area contributed by atoms with Crippen molar-refractivity contribution in [1.29, 1.82) is 0 Å². The van der Waals surface area contributed by atoms with Gasteiger partial charge in [-0.3, -0.25) is 0 Å². The smallest absolute Gasteiger partial charge is 0.0322 e. The van der Waals surface area contributed by atoms with Crippen LogP contribution in [-0.4, -0.2) is 6.54 Å². The summed E-state index contributed by atoms with van der Waals surface area (Å²) in [7, 11) is 0. The van der Waals surface area contributed by atoms with Gasteiger partial charge in [0.25, 0.3) is 0 Å². The van der Waals surface area contributed by atoms with E-state index in [-0.39, 0.29) is 0 Å². The van der Waals surface area contributed by atoms with Gasteiger partial charge >= 0.3 is 0 Å². The van der Waals surface area contributed by atoms with Crippen molar-refractivity contribution < 1.29 is 0 Å². The van der Waals surface area contributed by atoms with Gasteiger partial charge < -0.3 is 5.32 Å². The maximum Gasteiger partial charge on any atom is 0.0322 e. The fourth-order valence-corrected chi connectivity index (χ4v) is 2.18. The van der Waals surface area contributed by atoms with Crippen LogP contribution < -0.4 is 5.32 Å². The van der Waals surface area contributed by atoms with Crippen LogP contribution in [0.3, 0.4) is 0 Å². The molecule has 0 fully saturated rings. The highest BCUT2D eigenvalue weighted by molar-refractivity contribution is 5.25. The quantitative estimate of drug-likeness (QED) is 0.794. The third kappa shape index (κ3) is 4.45. The average molecular weight is 247 g/mol. The van der Waals surface area contributed by atoms with Gasteiger partial charge in [-0.2, -0.15) is 0 Å². The molecule has 102 valence electrons. The summed E-state index contributed by atoms with van der Waals surface area (Å²) in [6.45, 7) is 14.7. The van der Waals surface area contributed by atoms with Gasteiger partial charge in [0, 0.05) is 6.04 Å². The summed E-state index contributed by atoms with van der Waals surface area (Å²) in [6, 6.07) is 9.36. The second-order valence-electron chi connectivity index (χ2n) is 6.53. The predicted octanol–water partition coefficient (Wildman–Crippen LogP) is 4.72. The Kier molecular flexibility index (Phi) is 5.40. The van der Waals surface area contributed by atoms with E-state index in [1.54, 1.807) is 0 Å². The molecule has 1 N–H and O–H groups in total. The standard InChI is InChI=1S/C17H29N/c1-7-18-16(12-14(3)17(4,5)6)15-10-8-9-13(2)11-15/h8-11,14,16,18H,7,12H2,1-6H3. The Labute approximate surface area is 113 Å². The van der Waals surface area contributed by atoms with Crippen molar-refractivity contribution in [1.82, 2.24) is 5.32 Å². The maximum absolute atomic E-state index is 3.63. The first-order valence-corrected chi connectivity index (χ1v) is 7.14. The summed E-state index contributed by atoms with van der Waals surface area (Å²) in [6.07, 6.45) is 1.20. The van der Waals surface area contributed by atoms with E-state index in [0.29, 0.717) is 17.4 Å². The Balaban J connectivity index is 2.83. The van der Waals surface area contributed by atoms with Crippen LogP contribution in [0.5, 0.6) is 0 Å². The zero-order valence-corrected chi connectivity index (χ0v) is 12.9. The molecule has 0 aliphatic carbocycles. The number of rotatable bonds is 5. The fraction of sp³-hybridized carbons (Fsp3) is 0.647. The van der Waals surface area contributed by atoms with Crippen molar-refractivity contribution in [3.8, 4) is 0 Å². The molecule has 0 aliphatic rings. The van der Waals surface area contributed by atoms with Gasteiger partial charge in [0.2, 0.25) is 0 Å². The first-order chi connectivity index (χ1) is 8.34. The minimum atomic E-state index is 0.373. The zero-order valence-electron chi connectivity index (χ0n) is 12.9. The fourth-order valence-electron chi connectivity index (χ4n) is 2.18. The summed E-state index contributed by atoms with van der Waals surface area (Å²) in [4.78, 5) is 0. The van der Waals surface area contributed by atoms with E-state index >= 15 is 0 Å². The van der Waals surface area contributed by atoms with Crippen molar-refractivity contribution in [2.45, 2.75) is 54.0 Å². The van der Waals surface area contributed by atoms with Crippen molar-refractivity contribution in [2.24, 2.45) is 11.3 Å². The van der Waals surface area contributed by atoms with Crippen molar-refractivity contribution in [2.75, 3.05) is 6.54 Å². The van der Waals surface area contributed by atoms with E-state index in [9.17, 15) is 0 Å². The van der Waals surface area contributed by atoms with Gasteiger partial charge in [0.05, 0.1) is 0 Å². The van der Waals surface area contributed by atoms with Crippen LogP contribution in [0.25, 0.3) is 0 Å². The number of hydrogen-bond donors (Lipinski definition) is 1. The van der Waals surface area contributed by atoms with Crippen LogP contribution in [-0.2, 0) is 0 Å². The number of nitrogens with one attached hydrogen (secondary N) is 1. The van der Waals surface area contributed by atoms with Crippen molar-refractivity contribution >= 4 is 0 Å². The summed E-state index contributed by atoms with van der Waals surface area (Å²) >= 11 is 0. The number of benzene rings is 1. The van der Waals surface area contributed by atoms with Crippen LogP contribution in [0.4, 0.5) is 0 Å². The van der Waals surface area contributed by atoms with Gasteiger partial charge in [0.15, 0.2) is 0 Å². The van der Waals surface area contributed by atoms with E-state index < -0.39 is 0 Å². The summed E-state index contributed by atoms with van der Waals surface area (Å²) in [5.74, 6) is 0.696. The molecule has 0 spiro atoms. The minimum Gasteiger partial charge on any atom is -0.310 e. The SMILES string of the molecule is CCNC(CC(C)C(C)(C)C)c1cccc(C)c1. The Morgan fingerprint density at radius 3 is 2.39 bits per heavy atom. The average Bonchev–Trinajstić information content (AvgIpc) is 2.27. The molecule has 1 rings (SSSR count). The van der Waals surface area contributed by atoms with E-state index in [4.69, 9.17) is 0 Å². The largest absolute Gasteiger partial charge is 0.310 e. The molecule has 1 aromatic rings. The highest BCUT2D eigenvalue weighted by atomic mass is 14.9. The summed E-state index contributed by atoms with van der Waals surface area (Å²) < 4.78 is 0. The normalized spacial score (nSPS) is 15.4. The molecule has 0 bridgehead atoms. The number of aryl methyl sites for hydroxylation is 1. The van der Waals surface area contributed by atoms with E-state index in [1.165, 1.54) is 17.5 Å².